The van der Waals surface area contributed by atoms with Crippen LogP contribution in [0.15, 0.2) is 11.8 Å². The fourth-order valence-electron chi connectivity index (χ4n) is 1.21. The van der Waals surface area contributed by atoms with E-state index in [1.807, 2.05) is 20.8 Å². The molecule has 4 heteroatoms. The minimum Gasteiger partial charge on any atom is -0.511 e. The Morgan fingerprint density at radius 1 is 1.57 bits per heavy atom. The third-order valence-electron chi connectivity index (χ3n) is 1.78. The molecular formula is C10H17NO3. The predicted octanol–water partition coefficient (Wildman–Crippen LogP) is 2.07. The Hall–Kier alpha value is -1.19. The molecule has 0 aromatic carbocycles. The zero-order chi connectivity index (χ0) is 10.8. The van der Waals surface area contributed by atoms with Crippen molar-refractivity contribution in [3.8, 4) is 0 Å². The second-order valence-corrected chi connectivity index (χ2v) is 4.39. The maximum atomic E-state index is 11.5. The summed E-state index contributed by atoms with van der Waals surface area (Å²) in [5, 5.41) is 9.24. The zero-order valence-electron chi connectivity index (χ0n) is 8.91. The van der Waals surface area contributed by atoms with Crippen molar-refractivity contribution in [2.24, 2.45) is 0 Å². The van der Waals surface area contributed by atoms with Crippen LogP contribution in [0.2, 0.25) is 0 Å². The molecule has 0 spiro atoms. The van der Waals surface area contributed by atoms with Gasteiger partial charge in [0.15, 0.2) is 0 Å². The standard InChI is InChI=1S/C10H17NO3/c1-10(2,3)14-9(13)11-6-4-5-8(12)7-11/h5,12H,4,6-7H2,1-3H3. The number of carbonyl (C=O) groups excluding carboxylic acids is 1. The van der Waals surface area contributed by atoms with Crippen LogP contribution < -0.4 is 0 Å². The lowest BCUT2D eigenvalue weighted by Crippen LogP contribution is -2.39. The number of aliphatic hydroxyl groups is 1. The summed E-state index contributed by atoms with van der Waals surface area (Å²) in [7, 11) is 0. The molecule has 1 heterocycles. The van der Waals surface area contributed by atoms with Crippen molar-refractivity contribution in [2.45, 2.75) is 32.8 Å². The van der Waals surface area contributed by atoms with Crippen molar-refractivity contribution in [1.29, 1.82) is 0 Å². The Bertz CT molecular complexity index is 253. The number of rotatable bonds is 0. The van der Waals surface area contributed by atoms with Gasteiger partial charge >= 0.3 is 6.09 Å². The average molecular weight is 199 g/mol. The highest BCUT2D eigenvalue weighted by Gasteiger charge is 2.23. The Balaban J connectivity index is 2.50. The molecule has 1 amide bonds. The van der Waals surface area contributed by atoms with E-state index in [9.17, 15) is 9.90 Å². The Labute approximate surface area is 84.2 Å². The molecule has 0 radical (unpaired) electrons. The van der Waals surface area contributed by atoms with Crippen LogP contribution in [0, 0.1) is 0 Å². The minimum atomic E-state index is -0.478. The summed E-state index contributed by atoms with van der Waals surface area (Å²) in [6.45, 7) is 6.34. The normalized spacial score (nSPS) is 17.6. The van der Waals surface area contributed by atoms with E-state index in [1.165, 1.54) is 4.90 Å². The van der Waals surface area contributed by atoms with Gasteiger partial charge in [-0.05, 0) is 33.3 Å². The molecule has 0 aliphatic carbocycles. The van der Waals surface area contributed by atoms with Crippen LogP contribution in [0.1, 0.15) is 27.2 Å². The van der Waals surface area contributed by atoms with E-state index in [0.29, 0.717) is 13.0 Å². The molecule has 0 aromatic heterocycles. The first-order valence-corrected chi connectivity index (χ1v) is 4.74. The third-order valence-corrected chi connectivity index (χ3v) is 1.78. The largest absolute Gasteiger partial charge is 0.511 e. The van der Waals surface area contributed by atoms with Crippen LogP contribution in [-0.2, 0) is 4.74 Å². The van der Waals surface area contributed by atoms with Gasteiger partial charge in [0.2, 0.25) is 0 Å². The topological polar surface area (TPSA) is 49.8 Å². The highest BCUT2D eigenvalue weighted by atomic mass is 16.6. The summed E-state index contributed by atoms with van der Waals surface area (Å²) in [5.41, 5.74) is -0.478. The highest BCUT2D eigenvalue weighted by Crippen LogP contribution is 2.13. The lowest BCUT2D eigenvalue weighted by molar-refractivity contribution is 0.0239. The van der Waals surface area contributed by atoms with E-state index in [0.717, 1.165) is 0 Å². The van der Waals surface area contributed by atoms with Crippen molar-refractivity contribution in [3.63, 3.8) is 0 Å². The molecular weight excluding hydrogens is 182 g/mol. The summed E-state index contributed by atoms with van der Waals surface area (Å²) < 4.78 is 5.17. The lowest BCUT2D eigenvalue weighted by Gasteiger charge is -2.28. The van der Waals surface area contributed by atoms with E-state index in [2.05, 4.69) is 0 Å². The monoisotopic (exact) mass is 199 g/mol. The van der Waals surface area contributed by atoms with Crippen molar-refractivity contribution in [2.75, 3.05) is 13.1 Å². The SMILES string of the molecule is CC(C)(C)OC(=O)N1CCC=C(O)C1. The summed E-state index contributed by atoms with van der Waals surface area (Å²) >= 11 is 0. The summed E-state index contributed by atoms with van der Waals surface area (Å²) in [6, 6.07) is 0. The van der Waals surface area contributed by atoms with E-state index in [4.69, 9.17) is 4.74 Å². The number of hydrogen-bond donors (Lipinski definition) is 1. The second kappa shape index (κ2) is 3.90. The maximum absolute atomic E-state index is 11.5. The molecule has 0 bridgehead atoms. The van der Waals surface area contributed by atoms with E-state index >= 15 is 0 Å². The second-order valence-electron chi connectivity index (χ2n) is 4.39. The number of amides is 1. The van der Waals surface area contributed by atoms with Gasteiger partial charge in [-0.15, -0.1) is 0 Å². The first kappa shape index (κ1) is 10.9. The van der Waals surface area contributed by atoms with Crippen molar-refractivity contribution < 1.29 is 14.6 Å². The molecule has 0 saturated heterocycles. The number of aliphatic hydroxyl groups excluding tert-OH is 1. The number of ether oxygens (including phenoxy) is 1. The van der Waals surface area contributed by atoms with Crippen LogP contribution in [0.25, 0.3) is 0 Å². The minimum absolute atomic E-state index is 0.238. The van der Waals surface area contributed by atoms with E-state index < -0.39 is 5.60 Å². The summed E-state index contributed by atoms with van der Waals surface area (Å²) in [5.74, 6) is 0.238. The van der Waals surface area contributed by atoms with Crippen LogP contribution in [0.5, 0.6) is 0 Å². The fourth-order valence-corrected chi connectivity index (χ4v) is 1.21. The molecule has 1 rings (SSSR count). The molecule has 1 aliphatic rings. The first-order chi connectivity index (χ1) is 6.38. The van der Waals surface area contributed by atoms with Crippen LogP contribution in [0.4, 0.5) is 4.79 Å². The smallest absolute Gasteiger partial charge is 0.410 e. The van der Waals surface area contributed by atoms with Crippen molar-refractivity contribution >= 4 is 6.09 Å². The first-order valence-electron chi connectivity index (χ1n) is 4.74. The van der Waals surface area contributed by atoms with Crippen molar-refractivity contribution in [3.05, 3.63) is 11.8 Å². The van der Waals surface area contributed by atoms with Gasteiger partial charge in [-0.1, -0.05) is 0 Å². The molecule has 1 N–H and O–H groups in total. The summed E-state index contributed by atoms with van der Waals surface area (Å²) in [6.07, 6.45) is 2.04. The maximum Gasteiger partial charge on any atom is 0.410 e. The van der Waals surface area contributed by atoms with Gasteiger partial charge in [0.1, 0.15) is 11.4 Å². The van der Waals surface area contributed by atoms with Gasteiger partial charge < -0.3 is 14.7 Å². The molecule has 0 aromatic rings. The van der Waals surface area contributed by atoms with Gasteiger partial charge in [0.25, 0.3) is 0 Å². The number of nitrogens with zero attached hydrogens (tertiary/aromatic N) is 1. The predicted molar refractivity (Wildman–Crippen MR) is 53.1 cm³/mol. The Morgan fingerprint density at radius 3 is 2.71 bits per heavy atom. The quantitative estimate of drug-likeness (QED) is 0.649. The number of carbonyl (C=O) groups is 1. The molecule has 0 fully saturated rings. The van der Waals surface area contributed by atoms with Gasteiger partial charge in [-0.25, -0.2) is 4.79 Å². The van der Waals surface area contributed by atoms with Gasteiger partial charge in [0.05, 0.1) is 6.54 Å². The molecule has 4 nitrogen and oxygen atoms in total. The average Bonchev–Trinajstić information content (AvgIpc) is 2.01. The molecule has 0 saturated carbocycles. The van der Waals surface area contributed by atoms with Gasteiger partial charge in [-0.2, -0.15) is 0 Å². The van der Waals surface area contributed by atoms with Gasteiger partial charge in [-0.3, -0.25) is 0 Å². The molecule has 14 heavy (non-hydrogen) atoms. The van der Waals surface area contributed by atoms with Crippen LogP contribution >= 0.6 is 0 Å². The zero-order valence-corrected chi connectivity index (χ0v) is 8.91. The van der Waals surface area contributed by atoms with Crippen LogP contribution in [-0.4, -0.2) is 34.8 Å². The molecule has 80 valence electrons. The fraction of sp³-hybridized carbons (Fsp3) is 0.700. The lowest BCUT2D eigenvalue weighted by atomic mass is 10.2. The summed E-state index contributed by atoms with van der Waals surface area (Å²) in [4.78, 5) is 13.0. The van der Waals surface area contributed by atoms with Gasteiger partial charge in [0, 0.05) is 6.54 Å². The molecule has 0 unspecified atom stereocenters. The van der Waals surface area contributed by atoms with Crippen molar-refractivity contribution in [1.82, 2.24) is 4.90 Å². The Kier molecular flexibility index (Phi) is 3.03. The Morgan fingerprint density at radius 2 is 2.21 bits per heavy atom. The molecule has 1 aliphatic heterocycles. The van der Waals surface area contributed by atoms with Crippen LogP contribution in [0.3, 0.4) is 0 Å². The highest BCUT2D eigenvalue weighted by molar-refractivity contribution is 5.68. The van der Waals surface area contributed by atoms with E-state index in [1.54, 1.807) is 6.08 Å². The number of hydrogen-bond acceptors (Lipinski definition) is 3. The van der Waals surface area contributed by atoms with E-state index in [-0.39, 0.29) is 18.4 Å². The molecule has 0 atom stereocenters. The third kappa shape index (κ3) is 3.28.